The Kier molecular flexibility index (Phi) is 6.00. The van der Waals surface area contributed by atoms with Gasteiger partial charge in [0, 0.05) is 5.02 Å². The molecule has 0 radical (unpaired) electrons. The van der Waals surface area contributed by atoms with E-state index in [-0.39, 0.29) is 23.2 Å². The number of halogens is 1. The van der Waals surface area contributed by atoms with E-state index in [1.165, 1.54) is 12.1 Å². The van der Waals surface area contributed by atoms with Gasteiger partial charge in [-0.3, -0.25) is 10.0 Å². The van der Waals surface area contributed by atoms with E-state index in [2.05, 4.69) is 5.32 Å². The molecule has 31 heavy (non-hydrogen) atoms. The van der Waals surface area contributed by atoms with Crippen LogP contribution in [0.3, 0.4) is 0 Å². The number of ether oxygens (including phenoxy) is 1. The number of carbonyl (C=O) groups is 1. The molecular formula is C22H25ClN2O5S. The SMILES string of the molecule is O=C(NO)C1(S(=O)(=O)c2ccc(Oc3ccc(Cl)cc3)cc2)CCC2(CCNCC2)C1. The Balaban J connectivity index is 1.62. The quantitative estimate of drug-likeness (QED) is 0.460. The Hall–Kier alpha value is -2.13. The smallest absolute Gasteiger partial charge is 0.265 e. The van der Waals surface area contributed by atoms with Crippen molar-refractivity contribution in [2.24, 2.45) is 5.41 Å². The van der Waals surface area contributed by atoms with Gasteiger partial charge in [0.25, 0.3) is 5.91 Å². The van der Waals surface area contributed by atoms with Crippen LogP contribution in [0.15, 0.2) is 53.4 Å². The first-order valence-electron chi connectivity index (χ1n) is 10.2. The zero-order valence-electron chi connectivity index (χ0n) is 16.9. The summed E-state index contributed by atoms with van der Waals surface area (Å²) in [6.07, 6.45) is 2.66. The second-order valence-corrected chi connectivity index (χ2v) is 11.1. The largest absolute Gasteiger partial charge is 0.457 e. The van der Waals surface area contributed by atoms with Gasteiger partial charge < -0.3 is 10.1 Å². The zero-order chi connectivity index (χ0) is 22.1. The highest BCUT2D eigenvalue weighted by Crippen LogP contribution is 2.54. The number of hydrogen-bond acceptors (Lipinski definition) is 6. The average molecular weight is 465 g/mol. The molecule has 166 valence electrons. The fourth-order valence-corrected chi connectivity index (χ4v) is 7.06. The van der Waals surface area contributed by atoms with E-state index < -0.39 is 20.5 Å². The molecule has 1 atom stereocenters. The molecule has 1 saturated heterocycles. The van der Waals surface area contributed by atoms with Crippen molar-refractivity contribution >= 4 is 27.3 Å². The molecule has 2 fully saturated rings. The first kappa shape index (κ1) is 22.1. The van der Waals surface area contributed by atoms with Crippen LogP contribution >= 0.6 is 11.6 Å². The van der Waals surface area contributed by atoms with E-state index in [0.29, 0.717) is 22.9 Å². The Morgan fingerprint density at radius 2 is 1.55 bits per heavy atom. The average Bonchev–Trinajstić information content (AvgIpc) is 3.16. The molecule has 1 aliphatic heterocycles. The van der Waals surface area contributed by atoms with Crippen LogP contribution in [0.2, 0.25) is 5.02 Å². The van der Waals surface area contributed by atoms with Crippen molar-refractivity contribution in [3.05, 3.63) is 53.6 Å². The minimum atomic E-state index is -4.05. The Bertz CT molecular complexity index is 1050. The van der Waals surface area contributed by atoms with Crippen molar-refractivity contribution < 1.29 is 23.2 Å². The zero-order valence-corrected chi connectivity index (χ0v) is 18.5. The molecule has 7 nitrogen and oxygen atoms in total. The van der Waals surface area contributed by atoms with E-state index in [1.54, 1.807) is 41.9 Å². The second-order valence-electron chi connectivity index (χ2n) is 8.39. The number of nitrogens with one attached hydrogen (secondary N) is 2. The predicted molar refractivity (Wildman–Crippen MR) is 116 cm³/mol. The molecule has 9 heteroatoms. The molecular weight excluding hydrogens is 440 g/mol. The van der Waals surface area contributed by atoms with Crippen LogP contribution in [-0.2, 0) is 14.6 Å². The first-order chi connectivity index (χ1) is 14.8. The van der Waals surface area contributed by atoms with Crippen molar-refractivity contribution in [3.8, 4) is 11.5 Å². The highest BCUT2D eigenvalue weighted by atomic mass is 35.5. The van der Waals surface area contributed by atoms with Crippen LogP contribution in [0.4, 0.5) is 0 Å². The van der Waals surface area contributed by atoms with Gasteiger partial charge in [-0.05, 0) is 99.1 Å². The Labute approximate surface area is 186 Å². The summed E-state index contributed by atoms with van der Waals surface area (Å²) in [5.41, 5.74) is 1.42. The third kappa shape index (κ3) is 4.05. The lowest BCUT2D eigenvalue weighted by Crippen LogP contribution is -2.51. The summed E-state index contributed by atoms with van der Waals surface area (Å²) in [4.78, 5) is 12.8. The molecule has 1 unspecified atom stereocenters. The van der Waals surface area contributed by atoms with Gasteiger partial charge in [0.2, 0.25) is 0 Å². The summed E-state index contributed by atoms with van der Waals surface area (Å²) < 4.78 is 31.3. The minimum absolute atomic E-state index is 0.0329. The molecule has 1 aliphatic carbocycles. The molecule has 2 aromatic carbocycles. The van der Waals surface area contributed by atoms with Gasteiger partial charge in [0.1, 0.15) is 11.5 Å². The number of hydroxylamine groups is 1. The molecule has 1 spiro atoms. The number of sulfone groups is 1. The highest BCUT2D eigenvalue weighted by molar-refractivity contribution is 7.93. The summed E-state index contributed by atoms with van der Waals surface area (Å²) in [5.74, 6) is 0.173. The molecule has 0 aromatic heterocycles. The summed E-state index contributed by atoms with van der Waals surface area (Å²) in [6.45, 7) is 1.60. The summed E-state index contributed by atoms with van der Waals surface area (Å²) >= 11 is 5.88. The second kappa shape index (κ2) is 8.43. The lowest BCUT2D eigenvalue weighted by molar-refractivity contribution is -0.132. The number of rotatable bonds is 5. The van der Waals surface area contributed by atoms with Crippen LogP contribution in [0.25, 0.3) is 0 Å². The van der Waals surface area contributed by atoms with Crippen LogP contribution in [0, 0.1) is 5.41 Å². The lowest BCUT2D eigenvalue weighted by Gasteiger charge is -2.36. The normalized spacial score (nSPS) is 22.9. The molecule has 2 aromatic rings. The monoisotopic (exact) mass is 464 g/mol. The fourth-order valence-electron chi connectivity index (χ4n) is 4.83. The molecule has 1 amide bonds. The van der Waals surface area contributed by atoms with Gasteiger partial charge in [-0.2, -0.15) is 0 Å². The third-order valence-corrected chi connectivity index (χ3v) is 9.30. The van der Waals surface area contributed by atoms with Crippen LogP contribution < -0.4 is 15.5 Å². The molecule has 1 saturated carbocycles. The van der Waals surface area contributed by atoms with Gasteiger partial charge in [0.15, 0.2) is 14.6 Å². The van der Waals surface area contributed by atoms with Gasteiger partial charge >= 0.3 is 0 Å². The maximum atomic E-state index is 13.6. The number of piperidine rings is 1. The number of carbonyl (C=O) groups excluding carboxylic acids is 1. The fraction of sp³-hybridized carbons (Fsp3) is 0.409. The lowest BCUT2D eigenvalue weighted by atomic mass is 9.77. The summed E-state index contributed by atoms with van der Waals surface area (Å²) in [7, 11) is -4.05. The molecule has 1 heterocycles. The van der Waals surface area contributed by atoms with Crippen molar-refractivity contribution in [3.63, 3.8) is 0 Å². The van der Waals surface area contributed by atoms with E-state index in [1.807, 2.05) is 0 Å². The summed E-state index contributed by atoms with van der Waals surface area (Å²) in [6, 6.07) is 12.8. The van der Waals surface area contributed by atoms with Crippen LogP contribution in [0.1, 0.15) is 32.1 Å². The van der Waals surface area contributed by atoms with Gasteiger partial charge in [-0.15, -0.1) is 0 Å². The number of amides is 1. The summed E-state index contributed by atoms with van der Waals surface area (Å²) in [5, 5.41) is 13.3. The maximum absolute atomic E-state index is 13.6. The van der Waals surface area contributed by atoms with Crippen molar-refractivity contribution in [1.29, 1.82) is 0 Å². The van der Waals surface area contributed by atoms with E-state index in [4.69, 9.17) is 16.3 Å². The molecule has 4 rings (SSSR count). The van der Waals surface area contributed by atoms with Gasteiger partial charge in [0.05, 0.1) is 4.90 Å². The molecule has 2 aliphatic rings. The van der Waals surface area contributed by atoms with Crippen molar-refractivity contribution in [2.75, 3.05) is 13.1 Å². The maximum Gasteiger partial charge on any atom is 0.265 e. The predicted octanol–water partition coefficient (Wildman–Crippen LogP) is 3.70. The Morgan fingerprint density at radius 3 is 2.13 bits per heavy atom. The Morgan fingerprint density at radius 1 is 0.968 bits per heavy atom. The van der Waals surface area contributed by atoms with E-state index in [9.17, 15) is 18.4 Å². The van der Waals surface area contributed by atoms with Crippen molar-refractivity contribution in [2.45, 2.75) is 41.7 Å². The van der Waals surface area contributed by atoms with Crippen LogP contribution in [0.5, 0.6) is 11.5 Å². The van der Waals surface area contributed by atoms with E-state index >= 15 is 0 Å². The standard InChI is InChI=1S/C22H25ClN2O5S/c23-16-1-3-17(4-2-16)30-18-5-7-19(8-6-18)31(28,29)22(20(26)25-27)10-9-21(15-22)11-13-24-14-12-21/h1-8,24,27H,9-15H2,(H,25,26). The minimum Gasteiger partial charge on any atom is -0.457 e. The van der Waals surface area contributed by atoms with Gasteiger partial charge in [-0.1, -0.05) is 11.6 Å². The number of hydrogen-bond donors (Lipinski definition) is 3. The molecule has 3 N–H and O–H groups in total. The van der Waals surface area contributed by atoms with Crippen molar-refractivity contribution in [1.82, 2.24) is 10.8 Å². The van der Waals surface area contributed by atoms with Crippen LogP contribution in [-0.4, -0.2) is 37.4 Å². The van der Waals surface area contributed by atoms with Gasteiger partial charge in [-0.25, -0.2) is 13.9 Å². The number of benzene rings is 2. The third-order valence-electron chi connectivity index (χ3n) is 6.60. The first-order valence-corrected chi connectivity index (χ1v) is 12.1. The highest BCUT2D eigenvalue weighted by Gasteiger charge is 2.60. The molecule has 0 bridgehead atoms. The topological polar surface area (TPSA) is 105 Å². The van der Waals surface area contributed by atoms with E-state index in [0.717, 1.165) is 25.9 Å².